The number of halogens is 1. The van der Waals surface area contributed by atoms with E-state index in [0.717, 1.165) is 33.4 Å². The van der Waals surface area contributed by atoms with Crippen LogP contribution in [0.5, 0.6) is 0 Å². The molecule has 0 radical (unpaired) electrons. The summed E-state index contributed by atoms with van der Waals surface area (Å²) in [5.74, 6) is 0.632. The minimum Gasteiger partial charge on any atom is -0.340 e. The van der Waals surface area contributed by atoms with E-state index in [-0.39, 0.29) is 0 Å². The van der Waals surface area contributed by atoms with Crippen molar-refractivity contribution in [2.75, 3.05) is 5.32 Å². The highest BCUT2D eigenvalue weighted by molar-refractivity contribution is 5.94. The predicted octanol–water partition coefficient (Wildman–Crippen LogP) is 5.09. The number of fused-ring (bicyclic) bond motifs is 1. The number of aromatic nitrogens is 3. The van der Waals surface area contributed by atoms with Crippen LogP contribution in [0.1, 0.15) is 16.8 Å². The Morgan fingerprint density at radius 3 is 2.71 bits per heavy atom. The van der Waals surface area contributed by atoms with Gasteiger partial charge in [-0.1, -0.05) is 24.3 Å². The monoisotopic (exact) mass is 369 g/mol. The number of rotatable bonds is 4. The second kappa shape index (κ2) is 7.41. The first-order chi connectivity index (χ1) is 13.7. The van der Waals surface area contributed by atoms with Gasteiger partial charge in [0.2, 0.25) is 0 Å². The number of nitriles is 1. The zero-order valence-electron chi connectivity index (χ0n) is 15.1. The summed E-state index contributed by atoms with van der Waals surface area (Å²) in [6.07, 6.45) is 3.23. The molecule has 0 bridgehead atoms. The van der Waals surface area contributed by atoms with Gasteiger partial charge in [0.25, 0.3) is 0 Å². The standard InChI is InChI=1S/C22H16FN5/c1-14-2-5-17(12-24)27-22(14)16-4-6-18-19(8-9-25-20(18)10-16)28-21-7-3-15(11-23)13-26-21/h2-10,13H,11H2,1H3,(H,25,26,28). The average molecular weight is 369 g/mol. The van der Waals surface area contributed by atoms with Crippen LogP contribution in [-0.2, 0) is 6.67 Å². The quantitative estimate of drug-likeness (QED) is 0.543. The third-order valence-corrected chi connectivity index (χ3v) is 4.47. The van der Waals surface area contributed by atoms with E-state index in [1.54, 1.807) is 24.4 Å². The number of benzene rings is 1. The Morgan fingerprint density at radius 1 is 1.07 bits per heavy atom. The first-order valence-electron chi connectivity index (χ1n) is 8.73. The zero-order valence-corrected chi connectivity index (χ0v) is 15.1. The first kappa shape index (κ1) is 17.6. The smallest absolute Gasteiger partial charge is 0.141 e. The lowest BCUT2D eigenvalue weighted by molar-refractivity contribution is 0.484. The fourth-order valence-electron chi connectivity index (χ4n) is 3.00. The summed E-state index contributed by atoms with van der Waals surface area (Å²) < 4.78 is 12.7. The van der Waals surface area contributed by atoms with Crippen LogP contribution >= 0.6 is 0 Å². The molecule has 4 aromatic rings. The summed E-state index contributed by atoms with van der Waals surface area (Å²) in [5, 5.41) is 13.3. The maximum atomic E-state index is 12.7. The van der Waals surface area contributed by atoms with Gasteiger partial charge in [-0.2, -0.15) is 5.26 Å². The van der Waals surface area contributed by atoms with Crippen LogP contribution in [0.2, 0.25) is 0 Å². The van der Waals surface area contributed by atoms with Gasteiger partial charge in [-0.05, 0) is 36.8 Å². The van der Waals surface area contributed by atoms with Crippen molar-refractivity contribution >= 4 is 22.4 Å². The molecular weight excluding hydrogens is 353 g/mol. The van der Waals surface area contributed by atoms with Crippen LogP contribution in [-0.4, -0.2) is 15.0 Å². The number of hydrogen-bond donors (Lipinski definition) is 1. The van der Waals surface area contributed by atoms with Gasteiger partial charge in [0.15, 0.2) is 0 Å². The molecule has 1 N–H and O–H groups in total. The minimum absolute atomic E-state index is 0.381. The summed E-state index contributed by atoms with van der Waals surface area (Å²) in [7, 11) is 0. The van der Waals surface area contributed by atoms with Crippen molar-refractivity contribution in [3.8, 4) is 17.3 Å². The lowest BCUT2D eigenvalue weighted by atomic mass is 10.0. The van der Waals surface area contributed by atoms with Crippen LogP contribution < -0.4 is 5.32 Å². The Morgan fingerprint density at radius 2 is 1.96 bits per heavy atom. The van der Waals surface area contributed by atoms with E-state index < -0.39 is 6.67 Å². The number of nitrogens with zero attached hydrogens (tertiary/aromatic N) is 4. The van der Waals surface area contributed by atoms with Crippen molar-refractivity contribution < 1.29 is 4.39 Å². The van der Waals surface area contributed by atoms with E-state index in [2.05, 4.69) is 26.3 Å². The number of hydrogen-bond acceptors (Lipinski definition) is 5. The highest BCUT2D eigenvalue weighted by Gasteiger charge is 2.09. The summed E-state index contributed by atoms with van der Waals surface area (Å²) >= 11 is 0. The number of nitrogens with one attached hydrogen (secondary N) is 1. The van der Waals surface area contributed by atoms with Crippen molar-refractivity contribution in [1.82, 2.24) is 15.0 Å². The van der Waals surface area contributed by atoms with Crippen LogP contribution in [0.4, 0.5) is 15.9 Å². The van der Waals surface area contributed by atoms with Gasteiger partial charge in [0, 0.05) is 28.9 Å². The van der Waals surface area contributed by atoms with Crippen molar-refractivity contribution in [2.24, 2.45) is 0 Å². The lowest BCUT2D eigenvalue weighted by Crippen LogP contribution is -1.96. The van der Waals surface area contributed by atoms with Gasteiger partial charge in [-0.3, -0.25) is 4.98 Å². The molecule has 0 aliphatic heterocycles. The molecule has 0 saturated heterocycles. The molecule has 136 valence electrons. The van der Waals surface area contributed by atoms with E-state index in [0.29, 0.717) is 17.1 Å². The van der Waals surface area contributed by atoms with Crippen LogP contribution in [0, 0.1) is 18.3 Å². The van der Waals surface area contributed by atoms with Gasteiger partial charge in [-0.25, -0.2) is 14.4 Å². The van der Waals surface area contributed by atoms with E-state index in [1.807, 2.05) is 37.3 Å². The maximum absolute atomic E-state index is 12.7. The third-order valence-electron chi connectivity index (χ3n) is 4.47. The third kappa shape index (κ3) is 3.38. The largest absolute Gasteiger partial charge is 0.340 e. The van der Waals surface area contributed by atoms with Crippen molar-refractivity contribution in [3.63, 3.8) is 0 Å². The molecule has 0 aliphatic carbocycles. The zero-order chi connectivity index (χ0) is 19.5. The Kier molecular flexibility index (Phi) is 4.65. The van der Waals surface area contributed by atoms with Crippen molar-refractivity contribution in [3.05, 3.63) is 77.7 Å². The van der Waals surface area contributed by atoms with Gasteiger partial charge in [-0.15, -0.1) is 0 Å². The predicted molar refractivity (Wildman–Crippen MR) is 107 cm³/mol. The van der Waals surface area contributed by atoms with Gasteiger partial charge >= 0.3 is 0 Å². The molecule has 1 aromatic carbocycles. The normalized spacial score (nSPS) is 10.6. The molecular formula is C22H16FN5. The molecule has 0 atom stereocenters. The molecule has 0 saturated carbocycles. The lowest BCUT2D eigenvalue weighted by Gasteiger charge is -2.11. The maximum Gasteiger partial charge on any atom is 0.141 e. The molecule has 28 heavy (non-hydrogen) atoms. The highest BCUT2D eigenvalue weighted by Crippen LogP contribution is 2.29. The SMILES string of the molecule is Cc1ccc(C#N)nc1-c1ccc2c(Nc3ccc(CF)cn3)ccnc2c1. The van der Waals surface area contributed by atoms with E-state index in [1.165, 1.54) is 6.20 Å². The number of pyridine rings is 3. The molecule has 3 aromatic heterocycles. The van der Waals surface area contributed by atoms with Crippen LogP contribution in [0.25, 0.3) is 22.2 Å². The molecule has 3 heterocycles. The van der Waals surface area contributed by atoms with E-state index >= 15 is 0 Å². The molecule has 5 nitrogen and oxygen atoms in total. The second-order valence-electron chi connectivity index (χ2n) is 6.37. The Hall–Kier alpha value is -3.85. The topological polar surface area (TPSA) is 74.5 Å². The Labute approximate surface area is 161 Å². The fraction of sp³-hybridized carbons (Fsp3) is 0.0909. The molecule has 0 aliphatic rings. The molecule has 0 amide bonds. The summed E-state index contributed by atoms with van der Waals surface area (Å²) in [6, 6.07) is 16.9. The summed E-state index contributed by atoms with van der Waals surface area (Å²) in [6.45, 7) is 1.43. The number of aryl methyl sites for hydroxylation is 1. The van der Waals surface area contributed by atoms with Gasteiger partial charge in [0.05, 0.1) is 16.9 Å². The van der Waals surface area contributed by atoms with Gasteiger partial charge in [0.1, 0.15) is 24.3 Å². The second-order valence-corrected chi connectivity index (χ2v) is 6.37. The van der Waals surface area contributed by atoms with Crippen molar-refractivity contribution in [2.45, 2.75) is 13.6 Å². The molecule has 6 heteroatoms. The highest BCUT2D eigenvalue weighted by atomic mass is 19.1. The van der Waals surface area contributed by atoms with Gasteiger partial charge < -0.3 is 5.32 Å². The van der Waals surface area contributed by atoms with Crippen LogP contribution in [0.15, 0.2) is 60.9 Å². The average Bonchev–Trinajstić information content (AvgIpc) is 2.74. The minimum atomic E-state index is -0.533. The Bertz CT molecular complexity index is 1200. The summed E-state index contributed by atoms with van der Waals surface area (Å²) in [4.78, 5) is 13.1. The van der Waals surface area contributed by atoms with Crippen LogP contribution in [0.3, 0.4) is 0 Å². The Balaban J connectivity index is 1.73. The van der Waals surface area contributed by atoms with E-state index in [4.69, 9.17) is 5.26 Å². The number of alkyl halides is 1. The number of anilines is 2. The molecule has 0 fully saturated rings. The fourth-order valence-corrected chi connectivity index (χ4v) is 3.00. The molecule has 4 rings (SSSR count). The summed E-state index contributed by atoms with van der Waals surface area (Å²) in [5.41, 5.74) is 5.23. The first-order valence-corrected chi connectivity index (χ1v) is 8.73. The molecule has 0 unspecified atom stereocenters. The van der Waals surface area contributed by atoms with Crippen molar-refractivity contribution in [1.29, 1.82) is 5.26 Å². The molecule has 0 spiro atoms. The van der Waals surface area contributed by atoms with E-state index in [9.17, 15) is 4.39 Å².